The number of rotatable bonds is 6. The predicted molar refractivity (Wildman–Crippen MR) is 138 cm³/mol. The fraction of sp³-hybridized carbons (Fsp3) is 0.280. The van der Waals surface area contributed by atoms with Crippen molar-refractivity contribution >= 4 is 52.1 Å². The van der Waals surface area contributed by atoms with E-state index in [0.717, 1.165) is 0 Å². The van der Waals surface area contributed by atoms with Gasteiger partial charge >= 0.3 is 6.09 Å². The van der Waals surface area contributed by atoms with Gasteiger partial charge in [0.15, 0.2) is 11.5 Å². The second kappa shape index (κ2) is 10.0. The van der Waals surface area contributed by atoms with Gasteiger partial charge in [-0.05, 0) is 51.3 Å². The summed E-state index contributed by atoms with van der Waals surface area (Å²) in [5, 5.41) is 10.7. The van der Waals surface area contributed by atoms with Gasteiger partial charge in [-0.1, -0.05) is 23.7 Å². The van der Waals surface area contributed by atoms with Crippen LogP contribution in [0.25, 0.3) is 16.4 Å². The summed E-state index contributed by atoms with van der Waals surface area (Å²) in [6.07, 6.45) is 2.88. The summed E-state index contributed by atoms with van der Waals surface area (Å²) in [5.74, 6) is -0.656. The first kappa shape index (κ1) is 25.8. The van der Waals surface area contributed by atoms with E-state index in [1.165, 1.54) is 15.3 Å². The summed E-state index contributed by atoms with van der Waals surface area (Å²) in [6, 6.07) is 7.63. The zero-order valence-corrected chi connectivity index (χ0v) is 21.4. The van der Waals surface area contributed by atoms with Gasteiger partial charge in [-0.2, -0.15) is 0 Å². The van der Waals surface area contributed by atoms with Crippen LogP contribution in [0.1, 0.15) is 49.8 Å². The van der Waals surface area contributed by atoms with Crippen LogP contribution in [0.3, 0.4) is 0 Å². The number of nitrogens with one attached hydrogen (secondary N) is 2. The smallest absolute Gasteiger partial charge is 0.413 e. The van der Waals surface area contributed by atoms with Crippen molar-refractivity contribution in [2.75, 3.05) is 5.32 Å². The molecule has 3 aromatic heterocycles. The molecule has 4 rings (SSSR count). The quantitative estimate of drug-likeness (QED) is 0.366. The summed E-state index contributed by atoms with van der Waals surface area (Å²) in [7, 11) is 0. The number of nitrogens with zero attached hydrogens (tertiary/aromatic N) is 4. The highest BCUT2D eigenvalue weighted by Gasteiger charge is 2.27. The molecule has 11 nitrogen and oxygen atoms in total. The minimum atomic E-state index is -0.788. The number of fused-ring (bicyclic) bond motifs is 2. The number of amides is 2. The number of ether oxygens (including phenoxy) is 1. The van der Waals surface area contributed by atoms with Crippen LogP contribution < -0.4 is 16.2 Å². The molecule has 1 aromatic carbocycles. The summed E-state index contributed by atoms with van der Waals surface area (Å²) in [5.41, 5.74) is -0.609. The maximum atomic E-state index is 13.5. The Balaban J connectivity index is 1.73. The first-order chi connectivity index (χ1) is 17.5. The molecule has 0 fully saturated rings. The standard InChI is InChI=1S/C25H25ClN6O5/c1-14(17-13-15-7-5-8-16(26)18(15)23(35)31(17)11-12-33)28-22(34)19-20(29-24(36)37-25(2,3)4)30-32-10-6-9-27-21(19)32/h5-10,12-14H,11H2,1-4H3,(H,28,34)(H,29,30,36)/t14-/m0/s1. The van der Waals surface area contributed by atoms with Gasteiger partial charge in [-0.25, -0.2) is 14.3 Å². The first-order valence-electron chi connectivity index (χ1n) is 11.4. The van der Waals surface area contributed by atoms with E-state index in [1.807, 2.05) is 0 Å². The molecule has 192 valence electrons. The largest absolute Gasteiger partial charge is 0.444 e. The van der Waals surface area contributed by atoms with Gasteiger partial charge in [0, 0.05) is 18.1 Å². The van der Waals surface area contributed by atoms with E-state index in [4.69, 9.17) is 16.3 Å². The van der Waals surface area contributed by atoms with Gasteiger partial charge < -0.3 is 19.4 Å². The number of halogens is 1. The summed E-state index contributed by atoms with van der Waals surface area (Å²) < 4.78 is 7.91. The van der Waals surface area contributed by atoms with Crippen LogP contribution in [0.2, 0.25) is 5.02 Å². The third-order valence-electron chi connectivity index (χ3n) is 5.41. The molecule has 0 aliphatic rings. The molecule has 1 atom stereocenters. The number of pyridine rings is 1. The monoisotopic (exact) mass is 524 g/mol. The third-order valence-corrected chi connectivity index (χ3v) is 5.72. The second-order valence-corrected chi connectivity index (χ2v) is 9.70. The number of hydrogen-bond acceptors (Lipinski definition) is 7. The molecule has 2 amide bonds. The van der Waals surface area contributed by atoms with Crippen molar-refractivity contribution in [1.82, 2.24) is 24.5 Å². The van der Waals surface area contributed by atoms with Gasteiger partial charge in [0.05, 0.1) is 23.0 Å². The summed E-state index contributed by atoms with van der Waals surface area (Å²) in [4.78, 5) is 54.7. The number of anilines is 1. The molecule has 0 aliphatic heterocycles. The SMILES string of the molecule is C[C@H](NC(=O)c1c(NC(=O)OC(C)(C)C)nn2cccnc12)c1cc2cccc(Cl)c2c(=O)n1CC=O. The lowest BCUT2D eigenvalue weighted by Gasteiger charge is -2.20. The lowest BCUT2D eigenvalue weighted by molar-refractivity contribution is -0.108. The van der Waals surface area contributed by atoms with Crippen LogP contribution in [0.5, 0.6) is 0 Å². The number of aldehydes is 1. The van der Waals surface area contributed by atoms with Gasteiger partial charge in [0.2, 0.25) is 0 Å². The lowest BCUT2D eigenvalue weighted by atomic mass is 10.1. The van der Waals surface area contributed by atoms with E-state index in [-0.39, 0.29) is 34.0 Å². The van der Waals surface area contributed by atoms with Crippen LogP contribution in [0.4, 0.5) is 10.6 Å². The highest BCUT2D eigenvalue weighted by Crippen LogP contribution is 2.25. The predicted octanol–water partition coefficient (Wildman–Crippen LogP) is 3.73. The second-order valence-electron chi connectivity index (χ2n) is 9.29. The van der Waals surface area contributed by atoms with Crippen molar-refractivity contribution in [2.45, 2.75) is 45.9 Å². The highest BCUT2D eigenvalue weighted by molar-refractivity contribution is 6.35. The fourth-order valence-corrected chi connectivity index (χ4v) is 4.19. The fourth-order valence-electron chi connectivity index (χ4n) is 3.92. The van der Waals surface area contributed by atoms with Crippen LogP contribution in [-0.4, -0.2) is 43.1 Å². The molecule has 4 aromatic rings. The minimum Gasteiger partial charge on any atom is -0.444 e. The molecule has 37 heavy (non-hydrogen) atoms. The first-order valence-corrected chi connectivity index (χ1v) is 11.8. The Kier molecular flexibility index (Phi) is 6.99. The Morgan fingerprint density at radius 1 is 1.24 bits per heavy atom. The maximum Gasteiger partial charge on any atom is 0.413 e. The Morgan fingerprint density at radius 2 is 2.00 bits per heavy atom. The molecule has 0 spiro atoms. The minimum absolute atomic E-state index is 0.00595. The van der Waals surface area contributed by atoms with Crippen molar-refractivity contribution < 1.29 is 19.1 Å². The maximum absolute atomic E-state index is 13.5. The normalized spacial score (nSPS) is 12.4. The molecular weight excluding hydrogens is 500 g/mol. The average Bonchev–Trinajstić information content (AvgIpc) is 3.17. The van der Waals surface area contributed by atoms with Crippen molar-refractivity contribution in [3.05, 3.63) is 69.4 Å². The molecule has 2 N–H and O–H groups in total. The van der Waals surface area contributed by atoms with Gasteiger partial charge in [0.25, 0.3) is 11.5 Å². The van der Waals surface area contributed by atoms with E-state index < -0.39 is 29.2 Å². The van der Waals surface area contributed by atoms with E-state index in [2.05, 4.69) is 20.7 Å². The van der Waals surface area contributed by atoms with Crippen LogP contribution in [0.15, 0.2) is 47.5 Å². The van der Waals surface area contributed by atoms with E-state index in [0.29, 0.717) is 17.4 Å². The van der Waals surface area contributed by atoms with Gasteiger partial charge in [-0.3, -0.25) is 14.9 Å². The average molecular weight is 525 g/mol. The number of aromatic nitrogens is 4. The Labute approximate surface area is 216 Å². The van der Waals surface area contributed by atoms with Gasteiger partial charge in [0.1, 0.15) is 17.5 Å². The molecule has 3 heterocycles. The van der Waals surface area contributed by atoms with Crippen LogP contribution in [0, 0.1) is 0 Å². The molecule has 0 radical (unpaired) electrons. The van der Waals surface area contributed by atoms with E-state index in [9.17, 15) is 19.2 Å². The molecule has 12 heteroatoms. The Bertz CT molecular complexity index is 1590. The summed E-state index contributed by atoms with van der Waals surface area (Å²) >= 11 is 6.24. The van der Waals surface area contributed by atoms with E-state index in [1.54, 1.807) is 64.2 Å². The van der Waals surface area contributed by atoms with Crippen molar-refractivity contribution in [3.8, 4) is 0 Å². The number of hydrogen-bond donors (Lipinski definition) is 2. The van der Waals surface area contributed by atoms with Crippen LogP contribution >= 0.6 is 11.6 Å². The van der Waals surface area contributed by atoms with Crippen molar-refractivity contribution in [1.29, 1.82) is 0 Å². The van der Waals surface area contributed by atoms with Crippen molar-refractivity contribution in [2.24, 2.45) is 0 Å². The molecule has 0 saturated carbocycles. The topological polar surface area (TPSA) is 137 Å². The molecular formula is C25H25ClN6O5. The number of carbonyl (C=O) groups is 3. The Morgan fingerprint density at radius 3 is 2.70 bits per heavy atom. The zero-order valence-electron chi connectivity index (χ0n) is 20.6. The third kappa shape index (κ3) is 5.31. The molecule has 0 aliphatic carbocycles. The number of carbonyl (C=O) groups excluding carboxylic acids is 3. The van der Waals surface area contributed by atoms with Gasteiger partial charge in [-0.15, -0.1) is 5.10 Å². The lowest BCUT2D eigenvalue weighted by Crippen LogP contribution is -2.33. The molecule has 0 bridgehead atoms. The summed E-state index contributed by atoms with van der Waals surface area (Å²) in [6.45, 7) is 6.58. The van der Waals surface area contributed by atoms with E-state index >= 15 is 0 Å². The van der Waals surface area contributed by atoms with Crippen molar-refractivity contribution in [3.63, 3.8) is 0 Å². The molecule has 0 unspecified atom stereocenters. The zero-order chi connectivity index (χ0) is 26.9. The highest BCUT2D eigenvalue weighted by atomic mass is 35.5. The Hall–Kier alpha value is -4.25. The number of benzene rings is 1. The molecule has 0 saturated heterocycles. The van der Waals surface area contributed by atoms with Crippen LogP contribution in [-0.2, 0) is 16.1 Å².